The summed E-state index contributed by atoms with van der Waals surface area (Å²) >= 11 is 0. The molecule has 0 heterocycles. The van der Waals surface area contributed by atoms with Crippen molar-refractivity contribution >= 4 is 12.3 Å². The van der Waals surface area contributed by atoms with Crippen LogP contribution in [0.4, 0.5) is 0 Å². The maximum Gasteiger partial charge on any atom is 0.348 e. The fraction of sp³-hybridized carbons (Fsp3) is 0.467. The van der Waals surface area contributed by atoms with Gasteiger partial charge in [-0.25, -0.2) is 4.79 Å². The fourth-order valence-corrected chi connectivity index (χ4v) is 2.66. The van der Waals surface area contributed by atoms with Crippen LogP contribution in [-0.2, 0) is 4.79 Å². The molecule has 0 radical (unpaired) electrons. The number of rotatable bonds is 4. The molecular formula is C15H18O4. The van der Waals surface area contributed by atoms with E-state index in [1.54, 1.807) is 24.3 Å². The SMILES string of the molecule is CC1CCCCC1(Oc1ccc(C=O)cc1)C(=O)O. The molecule has 1 N–H and O–H groups in total. The Hall–Kier alpha value is -1.84. The highest BCUT2D eigenvalue weighted by Crippen LogP contribution is 2.37. The molecule has 0 spiro atoms. The van der Waals surface area contributed by atoms with Gasteiger partial charge in [0, 0.05) is 11.5 Å². The maximum atomic E-state index is 11.6. The van der Waals surface area contributed by atoms with E-state index in [1.165, 1.54) is 0 Å². The second-order valence-electron chi connectivity index (χ2n) is 5.13. The number of ether oxygens (including phenoxy) is 1. The number of hydrogen-bond acceptors (Lipinski definition) is 3. The van der Waals surface area contributed by atoms with Crippen molar-refractivity contribution in [2.24, 2.45) is 5.92 Å². The average molecular weight is 262 g/mol. The van der Waals surface area contributed by atoms with E-state index >= 15 is 0 Å². The Labute approximate surface area is 112 Å². The molecule has 1 aromatic rings. The lowest BCUT2D eigenvalue weighted by Crippen LogP contribution is -2.51. The molecule has 102 valence electrons. The molecule has 0 amide bonds. The highest BCUT2D eigenvalue weighted by molar-refractivity contribution is 5.79. The fourth-order valence-electron chi connectivity index (χ4n) is 2.66. The molecule has 0 saturated heterocycles. The van der Waals surface area contributed by atoms with Crippen molar-refractivity contribution in [2.75, 3.05) is 0 Å². The molecule has 1 fully saturated rings. The molecule has 1 aliphatic rings. The molecule has 2 atom stereocenters. The number of benzene rings is 1. The van der Waals surface area contributed by atoms with Gasteiger partial charge in [0.2, 0.25) is 5.60 Å². The van der Waals surface area contributed by atoms with Crippen LogP contribution in [0, 0.1) is 5.92 Å². The van der Waals surface area contributed by atoms with Gasteiger partial charge in [0.1, 0.15) is 12.0 Å². The first kappa shape index (κ1) is 13.6. The largest absolute Gasteiger partial charge is 0.478 e. The van der Waals surface area contributed by atoms with Gasteiger partial charge in [-0.3, -0.25) is 4.79 Å². The van der Waals surface area contributed by atoms with Gasteiger partial charge < -0.3 is 9.84 Å². The molecule has 4 nitrogen and oxygen atoms in total. The third-order valence-corrected chi connectivity index (χ3v) is 3.91. The number of carboxylic acid groups (broad SMARTS) is 1. The second-order valence-corrected chi connectivity index (χ2v) is 5.13. The number of aliphatic carboxylic acids is 1. The Morgan fingerprint density at radius 1 is 1.37 bits per heavy atom. The minimum absolute atomic E-state index is 0.0236. The molecule has 1 saturated carbocycles. The predicted octanol–water partition coefficient (Wildman–Crippen LogP) is 2.91. The van der Waals surface area contributed by atoms with Crippen LogP contribution in [0.3, 0.4) is 0 Å². The Morgan fingerprint density at radius 2 is 2.05 bits per heavy atom. The molecule has 0 aliphatic heterocycles. The lowest BCUT2D eigenvalue weighted by Gasteiger charge is -2.39. The van der Waals surface area contributed by atoms with Crippen LogP contribution in [-0.4, -0.2) is 23.0 Å². The smallest absolute Gasteiger partial charge is 0.348 e. The van der Waals surface area contributed by atoms with E-state index in [0.717, 1.165) is 25.5 Å². The highest BCUT2D eigenvalue weighted by atomic mass is 16.5. The Bertz CT molecular complexity index is 466. The molecule has 0 bridgehead atoms. The van der Waals surface area contributed by atoms with Gasteiger partial charge in [-0.2, -0.15) is 0 Å². The second kappa shape index (κ2) is 5.43. The van der Waals surface area contributed by atoms with Crippen molar-refractivity contribution in [3.8, 4) is 5.75 Å². The third kappa shape index (κ3) is 2.62. The van der Waals surface area contributed by atoms with Crippen LogP contribution in [0.5, 0.6) is 5.75 Å². The molecule has 1 aromatic carbocycles. The standard InChI is InChI=1S/C15H18O4/c1-11-4-2-3-9-15(11,14(17)18)19-13-7-5-12(10-16)6-8-13/h5-8,10-11H,2-4,9H2,1H3,(H,17,18). The molecule has 19 heavy (non-hydrogen) atoms. The van der Waals surface area contributed by atoms with Crippen molar-refractivity contribution in [1.82, 2.24) is 0 Å². The molecular weight excluding hydrogens is 244 g/mol. The van der Waals surface area contributed by atoms with E-state index in [9.17, 15) is 14.7 Å². The normalized spacial score (nSPS) is 26.7. The summed E-state index contributed by atoms with van der Waals surface area (Å²) in [6.07, 6.45) is 4.05. The monoisotopic (exact) mass is 262 g/mol. The van der Waals surface area contributed by atoms with E-state index in [1.807, 2.05) is 6.92 Å². The minimum Gasteiger partial charge on any atom is -0.478 e. The average Bonchev–Trinajstić information content (AvgIpc) is 2.42. The van der Waals surface area contributed by atoms with Crippen molar-refractivity contribution in [1.29, 1.82) is 0 Å². The first-order valence-electron chi connectivity index (χ1n) is 6.56. The molecule has 2 rings (SSSR count). The summed E-state index contributed by atoms with van der Waals surface area (Å²) in [5.41, 5.74) is -0.588. The lowest BCUT2D eigenvalue weighted by molar-refractivity contribution is -0.163. The summed E-state index contributed by atoms with van der Waals surface area (Å²) < 4.78 is 5.80. The number of carbonyl (C=O) groups is 2. The van der Waals surface area contributed by atoms with Gasteiger partial charge in [-0.15, -0.1) is 0 Å². The maximum absolute atomic E-state index is 11.6. The van der Waals surface area contributed by atoms with Crippen LogP contribution < -0.4 is 4.74 Å². The zero-order valence-electron chi connectivity index (χ0n) is 11.0. The summed E-state index contributed by atoms with van der Waals surface area (Å²) in [7, 11) is 0. The summed E-state index contributed by atoms with van der Waals surface area (Å²) in [6, 6.07) is 6.56. The first-order chi connectivity index (χ1) is 9.08. The van der Waals surface area contributed by atoms with E-state index in [2.05, 4.69) is 0 Å². The van der Waals surface area contributed by atoms with Gasteiger partial charge in [0.05, 0.1) is 0 Å². The molecule has 1 aliphatic carbocycles. The Balaban J connectivity index is 2.24. The number of aldehydes is 1. The molecule has 2 unspecified atom stereocenters. The summed E-state index contributed by atoms with van der Waals surface area (Å²) in [4.78, 5) is 22.2. The number of carbonyl (C=O) groups excluding carboxylic acids is 1. The van der Waals surface area contributed by atoms with Crippen molar-refractivity contribution in [3.05, 3.63) is 29.8 Å². The van der Waals surface area contributed by atoms with Crippen molar-refractivity contribution < 1.29 is 19.4 Å². The van der Waals surface area contributed by atoms with Gasteiger partial charge >= 0.3 is 5.97 Å². The van der Waals surface area contributed by atoms with Crippen LogP contribution >= 0.6 is 0 Å². The number of carboxylic acids is 1. The minimum atomic E-state index is -1.14. The van der Waals surface area contributed by atoms with Gasteiger partial charge in [0.25, 0.3) is 0 Å². The molecule has 0 aromatic heterocycles. The summed E-state index contributed by atoms with van der Waals surface area (Å²) in [5, 5.41) is 9.54. The topological polar surface area (TPSA) is 63.6 Å². The predicted molar refractivity (Wildman–Crippen MR) is 70.5 cm³/mol. The third-order valence-electron chi connectivity index (χ3n) is 3.91. The summed E-state index contributed by atoms with van der Waals surface area (Å²) in [6.45, 7) is 1.92. The van der Waals surface area contributed by atoms with E-state index in [0.29, 0.717) is 17.7 Å². The van der Waals surface area contributed by atoms with Crippen LogP contribution in [0.15, 0.2) is 24.3 Å². The summed E-state index contributed by atoms with van der Waals surface area (Å²) in [5.74, 6) is -0.426. The van der Waals surface area contributed by atoms with Crippen LogP contribution in [0.2, 0.25) is 0 Å². The van der Waals surface area contributed by atoms with Crippen molar-refractivity contribution in [2.45, 2.75) is 38.2 Å². The zero-order chi connectivity index (χ0) is 13.9. The molecule has 4 heteroatoms. The number of hydrogen-bond donors (Lipinski definition) is 1. The van der Waals surface area contributed by atoms with E-state index in [-0.39, 0.29) is 5.92 Å². The first-order valence-corrected chi connectivity index (χ1v) is 6.56. The van der Waals surface area contributed by atoms with E-state index in [4.69, 9.17) is 4.74 Å². The van der Waals surface area contributed by atoms with Crippen molar-refractivity contribution in [3.63, 3.8) is 0 Å². The van der Waals surface area contributed by atoms with Crippen LogP contribution in [0.1, 0.15) is 43.0 Å². The lowest BCUT2D eigenvalue weighted by atomic mass is 9.76. The highest BCUT2D eigenvalue weighted by Gasteiger charge is 2.47. The van der Waals surface area contributed by atoms with Gasteiger partial charge in [0.15, 0.2) is 0 Å². The quantitative estimate of drug-likeness (QED) is 0.847. The van der Waals surface area contributed by atoms with Crippen LogP contribution in [0.25, 0.3) is 0 Å². The van der Waals surface area contributed by atoms with Gasteiger partial charge in [-0.05, 0) is 43.5 Å². The Kier molecular flexibility index (Phi) is 3.88. The van der Waals surface area contributed by atoms with E-state index < -0.39 is 11.6 Å². The Morgan fingerprint density at radius 3 is 2.58 bits per heavy atom. The van der Waals surface area contributed by atoms with Gasteiger partial charge in [-0.1, -0.05) is 13.3 Å². The zero-order valence-corrected chi connectivity index (χ0v) is 11.0.